The van der Waals surface area contributed by atoms with Gasteiger partial charge in [-0.05, 0) is 24.3 Å². The summed E-state index contributed by atoms with van der Waals surface area (Å²) in [5.41, 5.74) is 2.03. The Balaban J connectivity index is 2.05. The molecule has 2 aromatic rings. The second-order valence-corrected chi connectivity index (χ2v) is 5.05. The van der Waals surface area contributed by atoms with Crippen molar-refractivity contribution in [2.24, 2.45) is 0 Å². The number of rotatable bonds is 3. The zero-order chi connectivity index (χ0) is 15.7. The molecule has 1 aliphatic rings. The molecule has 0 radical (unpaired) electrons. The van der Waals surface area contributed by atoms with Crippen LogP contribution in [-0.4, -0.2) is 12.5 Å². The summed E-state index contributed by atoms with van der Waals surface area (Å²) in [6, 6.07) is 11.3. The molecule has 0 bridgehead atoms. The largest absolute Gasteiger partial charge is 0.434 e. The van der Waals surface area contributed by atoms with E-state index in [1.807, 2.05) is 0 Å². The van der Waals surface area contributed by atoms with E-state index in [9.17, 15) is 13.6 Å². The van der Waals surface area contributed by atoms with Crippen molar-refractivity contribution in [3.05, 3.63) is 58.6 Å². The van der Waals surface area contributed by atoms with Gasteiger partial charge in [-0.1, -0.05) is 35.9 Å². The average Bonchev–Trinajstić information content (AvgIpc) is 2.75. The highest BCUT2D eigenvalue weighted by molar-refractivity contribution is 6.36. The van der Waals surface area contributed by atoms with E-state index in [1.165, 1.54) is 12.1 Å². The van der Waals surface area contributed by atoms with Gasteiger partial charge in [-0.25, -0.2) is 0 Å². The highest BCUT2D eigenvalue weighted by atomic mass is 35.5. The van der Waals surface area contributed by atoms with Gasteiger partial charge in [0.2, 0.25) is 0 Å². The van der Waals surface area contributed by atoms with E-state index in [-0.39, 0.29) is 11.7 Å². The van der Waals surface area contributed by atoms with Crippen molar-refractivity contribution in [1.29, 1.82) is 0 Å². The van der Waals surface area contributed by atoms with Crippen molar-refractivity contribution >= 4 is 34.8 Å². The number of carbonyl (C=O) groups excluding carboxylic acids is 1. The zero-order valence-electron chi connectivity index (χ0n) is 11.1. The lowest BCUT2D eigenvalue weighted by Crippen LogP contribution is -2.05. The maximum atomic E-state index is 12.4. The average molecular weight is 322 g/mol. The number of halogens is 3. The third kappa shape index (κ3) is 2.80. The molecule has 0 aliphatic carbocycles. The Morgan fingerprint density at radius 2 is 1.95 bits per heavy atom. The molecule has 112 valence electrons. The van der Waals surface area contributed by atoms with Gasteiger partial charge in [-0.15, -0.1) is 0 Å². The number of ether oxygens (including phenoxy) is 1. The zero-order valence-corrected chi connectivity index (χ0v) is 11.9. The van der Waals surface area contributed by atoms with Gasteiger partial charge in [0.25, 0.3) is 5.91 Å². The van der Waals surface area contributed by atoms with Gasteiger partial charge in [0.05, 0.1) is 5.69 Å². The van der Waals surface area contributed by atoms with Crippen LogP contribution >= 0.6 is 11.6 Å². The van der Waals surface area contributed by atoms with Crippen LogP contribution in [0.3, 0.4) is 0 Å². The highest BCUT2D eigenvalue weighted by Crippen LogP contribution is 2.36. The number of alkyl halides is 2. The van der Waals surface area contributed by atoms with Gasteiger partial charge in [0.1, 0.15) is 5.75 Å². The maximum Gasteiger partial charge on any atom is 0.387 e. The van der Waals surface area contributed by atoms with Gasteiger partial charge >= 0.3 is 6.61 Å². The van der Waals surface area contributed by atoms with Crippen molar-refractivity contribution in [1.82, 2.24) is 0 Å². The van der Waals surface area contributed by atoms with E-state index in [0.717, 1.165) is 0 Å². The van der Waals surface area contributed by atoms with Gasteiger partial charge in [-0.2, -0.15) is 8.78 Å². The van der Waals surface area contributed by atoms with Crippen LogP contribution in [-0.2, 0) is 4.79 Å². The topological polar surface area (TPSA) is 38.3 Å². The molecule has 0 atom stereocenters. The summed E-state index contributed by atoms with van der Waals surface area (Å²) in [6.45, 7) is -2.93. The van der Waals surface area contributed by atoms with Gasteiger partial charge < -0.3 is 10.1 Å². The van der Waals surface area contributed by atoms with Crippen LogP contribution in [0.4, 0.5) is 14.5 Å². The maximum absolute atomic E-state index is 12.4. The quantitative estimate of drug-likeness (QED) is 0.849. The Morgan fingerprint density at radius 3 is 2.73 bits per heavy atom. The van der Waals surface area contributed by atoms with Crippen LogP contribution in [0.15, 0.2) is 42.5 Å². The number of hydrogen-bond donors (Lipinski definition) is 1. The van der Waals surface area contributed by atoms with Gasteiger partial charge in [0.15, 0.2) is 0 Å². The molecule has 0 spiro atoms. The smallest absolute Gasteiger partial charge is 0.387 e. The molecular formula is C16H10ClF2NO2. The van der Waals surface area contributed by atoms with Crippen LogP contribution < -0.4 is 10.1 Å². The third-order valence-corrected chi connectivity index (χ3v) is 3.43. The molecule has 1 heterocycles. The minimum Gasteiger partial charge on any atom is -0.434 e. The number of anilines is 1. The summed E-state index contributed by atoms with van der Waals surface area (Å²) in [5, 5.41) is 3.19. The third-order valence-electron chi connectivity index (χ3n) is 3.20. The second-order valence-electron chi connectivity index (χ2n) is 4.62. The Labute approximate surface area is 130 Å². The molecule has 1 amide bonds. The summed E-state index contributed by atoms with van der Waals surface area (Å²) in [5.74, 6) is -0.302. The Kier molecular flexibility index (Phi) is 3.81. The van der Waals surface area contributed by atoms with E-state index >= 15 is 0 Å². The first kappa shape index (κ1) is 14.5. The number of hydrogen-bond acceptors (Lipinski definition) is 2. The van der Waals surface area contributed by atoms with Crippen molar-refractivity contribution in [3.63, 3.8) is 0 Å². The first-order chi connectivity index (χ1) is 10.5. The lowest BCUT2D eigenvalue weighted by molar-refractivity contribution is -0.110. The number of benzene rings is 2. The van der Waals surface area contributed by atoms with E-state index in [1.54, 1.807) is 36.4 Å². The predicted octanol–water partition coefficient (Wildman–Crippen LogP) is 4.43. The Hall–Kier alpha value is -2.40. The van der Waals surface area contributed by atoms with Gasteiger partial charge in [-0.3, -0.25) is 4.79 Å². The molecule has 0 fully saturated rings. The molecule has 2 aromatic carbocycles. The predicted molar refractivity (Wildman–Crippen MR) is 81.0 cm³/mol. The minimum absolute atomic E-state index is 0.0141. The summed E-state index contributed by atoms with van der Waals surface area (Å²) >= 11 is 5.89. The van der Waals surface area contributed by atoms with E-state index in [2.05, 4.69) is 10.1 Å². The van der Waals surface area contributed by atoms with Crippen LogP contribution in [0.2, 0.25) is 5.02 Å². The first-order valence-electron chi connectivity index (χ1n) is 6.41. The van der Waals surface area contributed by atoms with Crippen molar-refractivity contribution < 1.29 is 18.3 Å². The number of nitrogens with one attached hydrogen (secondary N) is 1. The molecule has 1 N–H and O–H groups in total. The molecule has 0 saturated carbocycles. The Bertz CT molecular complexity index is 774. The molecular weight excluding hydrogens is 312 g/mol. The highest BCUT2D eigenvalue weighted by Gasteiger charge is 2.24. The van der Waals surface area contributed by atoms with Crippen LogP contribution in [0, 0.1) is 0 Å². The molecule has 3 nitrogen and oxygen atoms in total. The van der Waals surface area contributed by atoms with Crippen molar-refractivity contribution in [2.45, 2.75) is 6.61 Å². The molecule has 0 saturated heterocycles. The summed E-state index contributed by atoms with van der Waals surface area (Å²) in [4.78, 5) is 12.1. The molecule has 22 heavy (non-hydrogen) atoms. The van der Waals surface area contributed by atoms with Crippen LogP contribution in [0.5, 0.6) is 5.75 Å². The fraction of sp³-hybridized carbons (Fsp3) is 0.0625. The summed E-state index contributed by atoms with van der Waals surface area (Å²) < 4.78 is 29.3. The molecule has 0 unspecified atom stereocenters. The van der Waals surface area contributed by atoms with E-state index in [0.29, 0.717) is 27.4 Å². The van der Waals surface area contributed by atoms with E-state index < -0.39 is 6.61 Å². The fourth-order valence-corrected chi connectivity index (χ4v) is 2.44. The lowest BCUT2D eigenvalue weighted by atomic mass is 10.0. The SMILES string of the molecule is O=C1Nc2cc(Cl)ccc2C1=Cc1ccccc1OC(F)F. The number of amides is 1. The van der Waals surface area contributed by atoms with Gasteiger partial charge in [0, 0.05) is 21.7 Å². The normalized spacial score (nSPS) is 15.1. The molecule has 0 aromatic heterocycles. The van der Waals surface area contributed by atoms with Crippen LogP contribution in [0.1, 0.15) is 11.1 Å². The lowest BCUT2D eigenvalue weighted by Gasteiger charge is -2.08. The first-order valence-corrected chi connectivity index (χ1v) is 6.79. The fourth-order valence-electron chi connectivity index (χ4n) is 2.27. The monoisotopic (exact) mass is 321 g/mol. The summed E-state index contributed by atoms with van der Waals surface area (Å²) in [6.07, 6.45) is 1.52. The molecule has 3 rings (SSSR count). The Morgan fingerprint density at radius 1 is 1.18 bits per heavy atom. The van der Waals surface area contributed by atoms with E-state index in [4.69, 9.17) is 11.6 Å². The number of para-hydroxylation sites is 1. The minimum atomic E-state index is -2.93. The van der Waals surface area contributed by atoms with Crippen molar-refractivity contribution in [2.75, 3.05) is 5.32 Å². The molecule has 6 heteroatoms. The van der Waals surface area contributed by atoms with Crippen molar-refractivity contribution in [3.8, 4) is 5.75 Å². The second kappa shape index (κ2) is 5.77. The standard InChI is InChI=1S/C16H10ClF2NO2/c17-10-5-6-11-12(15(21)20-13(11)8-10)7-9-3-1-2-4-14(9)22-16(18)19/h1-8,16H,(H,20,21). The van der Waals surface area contributed by atoms with Crippen LogP contribution in [0.25, 0.3) is 11.6 Å². The number of fused-ring (bicyclic) bond motifs is 1. The summed E-state index contributed by atoms with van der Waals surface area (Å²) in [7, 11) is 0. The number of carbonyl (C=O) groups is 1. The molecule has 1 aliphatic heterocycles.